The smallest absolute Gasteiger partial charge is 0.103 e. The van der Waals surface area contributed by atoms with Gasteiger partial charge in [0.05, 0.1) is 0 Å². The topological polar surface area (TPSA) is 6.48 Å². The van der Waals surface area contributed by atoms with E-state index in [1.807, 2.05) is 0 Å². The van der Waals surface area contributed by atoms with Gasteiger partial charge in [0.15, 0.2) is 0 Å². The molecule has 1 aromatic carbocycles. The van der Waals surface area contributed by atoms with E-state index in [0.29, 0.717) is 12.1 Å². The molecule has 0 radical (unpaired) electrons. The molecule has 0 saturated heterocycles. The molecule has 1 aliphatic heterocycles. The maximum Gasteiger partial charge on any atom is 0.103 e. The van der Waals surface area contributed by atoms with Gasteiger partial charge in [-0.3, -0.25) is 0 Å². The van der Waals surface area contributed by atoms with Crippen molar-refractivity contribution in [3.05, 3.63) is 41.7 Å². The van der Waals surface area contributed by atoms with E-state index in [4.69, 9.17) is 0 Å². The van der Waals surface area contributed by atoms with Crippen LogP contribution in [0.1, 0.15) is 63.5 Å². The van der Waals surface area contributed by atoms with E-state index in [1.165, 1.54) is 42.5 Å². The van der Waals surface area contributed by atoms with Crippen LogP contribution >= 0.6 is 0 Å². The molecule has 1 aromatic rings. The van der Waals surface area contributed by atoms with Crippen molar-refractivity contribution < 1.29 is 0 Å². The second-order valence-corrected chi connectivity index (χ2v) is 6.92. The highest BCUT2D eigenvalue weighted by Gasteiger charge is 2.31. The molecule has 114 valence electrons. The van der Waals surface area contributed by atoms with Gasteiger partial charge in [0.25, 0.3) is 0 Å². The summed E-state index contributed by atoms with van der Waals surface area (Å²) in [6.45, 7) is 9.08. The molecule has 1 fully saturated rings. The molecule has 1 saturated carbocycles. The molecule has 0 N–H and O–H groups in total. The first-order chi connectivity index (χ1) is 10.1. The lowest BCUT2D eigenvalue weighted by Gasteiger charge is -2.34. The summed E-state index contributed by atoms with van der Waals surface area (Å²) in [5.74, 6) is 0.597. The fourth-order valence-electron chi connectivity index (χ4n) is 3.78. The Bertz CT molecular complexity index is 526. The van der Waals surface area contributed by atoms with Gasteiger partial charge in [-0.2, -0.15) is 0 Å². The van der Waals surface area contributed by atoms with Crippen LogP contribution in [0.2, 0.25) is 0 Å². The predicted molar refractivity (Wildman–Crippen MR) is 90.4 cm³/mol. The van der Waals surface area contributed by atoms with E-state index in [0.717, 1.165) is 6.04 Å². The Hall–Kier alpha value is -1.44. The summed E-state index contributed by atoms with van der Waals surface area (Å²) in [5.41, 5.74) is 4.16. The fraction of sp³-hybridized carbons (Fsp3) is 0.579. The number of benzene rings is 1. The first-order valence-electron chi connectivity index (χ1n) is 8.42. The molecule has 0 unspecified atom stereocenters. The maximum atomic E-state index is 2.56. The molecule has 2 nitrogen and oxygen atoms in total. The van der Waals surface area contributed by atoms with Gasteiger partial charge in [0, 0.05) is 24.1 Å². The molecule has 2 aliphatic rings. The van der Waals surface area contributed by atoms with Crippen LogP contribution in [0, 0.1) is 6.92 Å². The third kappa shape index (κ3) is 2.68. The molecule has 0 spiro atoms. The number of anilines is 1. The number of hydrogen-bond acceptors (Lipinski definition) is 2. The molecule has 3 rings (SSSR count). The van der Waals surface area contributed by atoms with Crippen molar-refractivity contribution in [3.8, 4) is 0 Å². The van der Waals surface area contributed by atoms with Crippen molar-refractivity contribution in [3.63, 3.8) is 0 Å². The minimum Gasteiger partial charge on any atom is -0.353 e. The van der Waals surface area contributed by atoms with Gasteiger partial charge < -0.3 is 9.80 Å². The zero-order valence-electron chi connectivity index (χ0n) is 13.8. The Labute approximate surface area is 129 Å². The van der Waals surface area contributed by atoms with Crippen LogP contribution in [-0.2, 0) is 0 Å². The normalized spacial score (nSPS) is 22.8. The summed E-state index contributed by atoms with van der Waals surface area (Å²) in [6.07, 6.45) is 10.5. The average molecular weight is 284 g/mol. The summed E-state index contributed by atoms with van der Waals surface area (Å²) >= 11 is 0. The van der Waals surface area contributed by atoms with E-state index in [9.17, 15) is 0 Å². The first-order valence-corrected chi connectivity index (χ1v) is 8.42. The van der Waals surface area contributed by atoms with Crippen LogP contribution in [0.25, 0.3) is 0 Å². The Morgan fingerprint density at radius 1 is 1.10 bits per heavy atom. The van der Waals surface area contributed by atoms with E-state index >= 15 is 0 Å². The quantitative estimate of drug-likeness (QED) is 0.770. The predicted octanol–water partition coefficient (Wildman–Crippen LogP) is 5.00. The monoisotopic (exact) mass is 284 g/mol. The standard InChI is InChI=1S/C19H28N2/c1-14(2)17-9-10-19(15(3)13-17)21-12-11-20(16(21)4)18-7-5-6-8-18/h9-14,16,18H,5-8H2,1-4H3/t16-/m1/s1. The van der Waals surface area contributed by atoms with Crippen LogP contribution in [-0.4, -0.2) is 17.1 Å². The lowest BCUT2D eigenvalue weighted by molar-refractivity contribution is 0.237. The molecular weight excluding hydrogens is 256 g/mol. The summed E-state index contributed by atoms with van der Waals surface area (Å²) in [6, 6.07) is 7.67. The highest BCUT2D eigenvalue weighted by atomic mass is 15.4. The van der Waals surface area contributed by atoms with E-state index < -0.39 is 0 Å². The van der Waals surface area contributed by atoms with E-state index in [-0.39, 0.29) is 0 Å². The molecule has 1 atom stereocenters. The summed E-state index contributed by atoms with van der Waals surface area (Å²) in [7, 11) is 0. The highest BCUT2D eigenvalue weighted by molar-refractivity contribution is 5.58. The third-order valence-electron chi connectivity index (χ3n) is 5.15. The lowest BCUT2D eigenvalue weighted by atomic mass is 10.00. The summed E-state index contributed by atoms with van der Waals surface area (Å²) in [4.78, 5) is 4.99. The summed E-state index contributed by atoms with van der Waals surface area (Å²) in [5, 5.41) is 0. The zero-order valence-corrected chi connectivity index (χ0v) is 13.8. The van der Waals surface area contributed by atoms with Crippen molar-refractivity contribution in [2.45, 2.75) is 71.5 Å². The van der Waals surface area contributed by atoms with Crippen LogP contribution in [0.4, 0.5) is 5.69 Å². The second kappa shape index (κ2) is 5.75. The number of aryl methyl sites for hydroxylation is 1. The number of rotatable bonds is 3. The molecule has 0 amide bonds. The van der Waals surface area contributed by atoms with E-state index in [2.05, 4.69) is 68.1 Å². The Morgan fingerprint density at radius 3 is 2.43 bits per heavy atom. The molecule has 0 bridgehead atoms. The molecule has 2 heteroatoms. The van der Waals surface area contributed by atoms with Crippen LogP contribution in [0.3, 0.4) is 0 Å². The maximum absolute atomic E-state index is 2.56. The first kappa shape index (κ1) is 14.5. The van der Waals surface area contributed by atoms with Crippen molar-refractivity contribution in [2.75, 3.05) is 4.90 Å². The van der Waals surface area contributed by atoms with Gasteiger partial charge >= 0.3 is 0 Å². The Balaban J connectivity index is 1.80. The molecule has 21 heavy (non-hydrogen) atoms. The molecule has 0 aromatic heterocycles. The van der Waals surface area contributed by atoms with Gasteiger partial charge in [0.1, 0.15) is 6.17 Å². The molecular formula is C19H28N2. The second-order valence-electron chi connectivity index (χ2n) is 6.92. The van der Waals surface area contributed by atoms with Gasteiger partial charge in [-0.05, 0) is 49.8 Å². The third-order valence-corrected chi connectivity index (χ3v) is 5.15. The largest absolute Gasteiger partial charge is 0.353 e. The van der Waals surface area contributed by atoms with E-state index in [1.54, 1.807) is 0 Å². The minimum absolute atomic E-state index is 0.441. The van der Waals surface area contributed by atoms with Crippen LogP contribution < -0.4 is 4.90 Å². The van der Waals surface area contributed by atoms with Crippen molar-refractivity contribution in [1.29, 1.82) is 0 Å². The summed E-state index contributed by atoms with van der Waals surface area (Å²) < 4.78 is 0. The van der Waals surface area contributed by atoms with Gasteiger partial charge in [-0.15, -0.1) is 0 Å². The minimum atomic E-state index is 0.441. The molecule has 1 aliphatic carbocycles. The Kier molecular flexibility index (Phi) is 3.97. The zero-order chi connectivity index (χ0) is 15.0. The molecule has 1 heterocycles. The van der Waals surface area contributed by atoms with Gasteiger partial charge in [-0.25, -0.2) is 0 Å². The SMILES string of the molecule is Cc1cc(C(C)C)ccc1N1C=CN(C2CCCC2)[C@H]1C. The number of hydrogen-bond donors (Lipinski definition) is 0. The van der Waals surface area contributed by atoms with Crippen LogP contribution in [0.5, 0.6) is 0 Å². The highest BCUT2D eigenvalue weighted by Crippen LogP contribution is 2.34. The van der Waals surface area contributed by atoms with Crippen molar-refractivity contribution in [2.24, 2.45) is 0 Å². The van der Waals surface area contributed by atoms with Gasteiger partial charge in [0.2, 0.25) is 0 Å². The number of nitrogens with zero attached hydrogens (tertiary/aromatic N) is 2. The van der Waals surface area contributed by atoms with Crippen LogP contribution in [0.15, 0.2) is 30.6 Å². The fourth-order valence-corrected chi connectivity index (χ4v) is 3.78. The lowest BCUT2D eigenvalue weighted by Crippen LogP contribution is -2.41. The average Bonchev–Trinajstić information content (AvgIpc) is 3.08. The Morgan fingerprint density at radius 2 is 1.81 bits per heavy atom. The van der Waals surface area contributed by atoms with Crippen molar-refractivity contribution >= 4 is 5.69 Å². The van der Waals surface area contributed by atoms with Crippen molar-refractivity contribution in [1.82, 2.24) is 4.90 Å². The van der Waals surface area contributed by atoms with Gasteiger partial charge in [-0.1, -0.05) is 38.8 Å².